The molecule has 0 aromatic heterocycles. The maximum atomic E-state index is 12.3. The van der Waals surface area contributed by atoms with Gasteiger partial charge in [0.2, 0.25) is 5.91 Å². The molecule has 2 N–H and O–H groups in total. The van der Waals surface area contributed by atoms with E-state index in [1.807, 2.05) is 24.8 Å². The molecular weight excluding hydrogens is 262 g/mol. The van der Waals surface area contributed by atoms with E-state index in [2.05, 4.69) is 36.2 Å². The summed E-state index contributed by atoms with van der Waals surface area (Å²) in [5.74, 6) is 0.291. The van der Waals surface area contributed by atoms with Gasteiger partial charge < -0.3 is 10.6 Å². The van der Waals surface area contributed by atoms with Gasteiger partial charge in [-0.3, -0.25) is 9.69 Å². The van der Waals surface area contributed by atoms with Crippen LogP contribution >= 0.6 is 0 Å². The third kappa shape index (κ3) is 4.05. The van der Waals surface area contributed by atoms with Crippen molar-refractivity contribution in [2.45, 2.75) is 38.9 Å². The van der Waals surface area contributed by atoms with Crippen LogP contribution in [0.4, 0.5) is 0 Å². The first kappa shape index (κ1) is 16.0. The van der Waals surface area contributed by atoms with E-state index in [1.165, 1.54) is 5.56 Å². The second kappa shape index (κ2) is 7.05. The fraction of sp³-hybridized carbons (Fsp3) is 0.588. The Morgan fingerprint density at radius 3 is 2.67 bits per heavy atom. The highest BCUT2D eigenvalue weighted by Crippen LogP contribution is 2.18. The van der Waals surface area contributed by atoms with E-state index in [-0.39, 0.29) is 17.9 Å². The molecule has 1 aliphatic heterocycles. The second-order valence-electron chi connectivity index (χ2n) is 6.40. The predicted octanol–water partition coefficient (Wildman–Crippen LogP) is 1.70. The molecule has 1 saturated heterocycles. The van der Waals surface area contributed by atoms with Crippen molar-refractivity contribution in [3.63, 3.8) is 0 Å². The Labute approximate surface area is 127 Å². The van der Waals surface area contributed by atoms with E-state index >= 15 is 0 Å². The minimum atomic E-state index is -0.372. The smallest absolute Gasteiger partial charge is 0.239 e. The lowest BCUT2D eigenvalue weighted by molar-refractivity contribution is -0.132. The molecule has 2 rings (SSSR count). The lowest BCUT2D eigenvalue weighted by Crippen LogP contribution is -2.46. The maximum absolute atomic E-state index is 12.3. The highest BCUT2D eigenvalue weighted by molar-refractivity contribution is 5.82. The Kier molecular flexibility index (Phi) is 5.37. The summed E-state index contributed by atoms with van der Waals surface area (Å²) in [4.78, 5) is 16.6. The predicted molar refractivity (Wildman–Crippen MR) is 85.7 cm³/mol. The molecule has 1 aliphatic rings. The van der Waals surface area contributed by atoms with Gasteiger partial charge in [-0.15, -0.1) is 0 Å². The molecule has 1 heterocycles. The van der Waals surface area contributed by atoms with Crippen LogP contribution in [0.25, 0.3) is 0 Å². The van der Waals surface area contributed by atoms with Crippen LogP contribution in [-0.2, 0) is 11.3 Å². The van der Waals surface area contributed by atoms with E-state index in [4.69, 9.17) is 5.73 Å². The molecule has 0 aliphatic carbocycles. The van der Waals surface area contributed by atoms with Crippen LogP contribution in [0, 0.1) is 5.92 Å². The van der Waals surface area contributed by atoms with Gasteiger partial charge in [-0.2, -0.15) is 0 Å². The lowest BCUT2D eigenvalue weighted by atomic mass is 10.0. The average Bonchev–Trinajstić information content (AvgIpc) is 2.96. The first-order valence-electron chi connectivity index (χ1n) is 7.77. The summed E-state index contributed by atoms with van der Waals surface area (Å²) in [5, 5.41) is 0. The quantitative estimate of drug-likeness (QED) is 0.897. The Balaban J connectivity index is 1.88. The van der Waals surface area contributed by atoms with Gasteiger partial charge in [0.25, 0.3) is 0 Å². The number of nitrogens with zero attached hydrogens (tertiary/aromatic N) is 2. The molecule has 1 aromatic rings. The fourth-order valence-electron chi connectivity index (χ4n) is 2.80. The monoisotopic (exact) mass is 289 g/mol. The Bertz CT molecular complexity index is 460. The first-order chi connectivity index (χ1) is 9.99. The molecule has 0 radical (unpaired) electrons. The molecule has 2 atom stereocenters. The molecule has 1 unspecified atom stereocenters. The van der Waals surface area contributed by atoms with Crippen molar-refractivity contribution in [1.29, 1.82) is 0 Å². The van der Waals surface area contributed by atoms with Crippen molar-refractivity contribution in [2.24, 2.45) is 11.7 Å². The highest BCUT2D eigenvalue weighted by atomic mass is 16.2. The van der Waals surface area contributed by atoms with Crippen LogP contribution in [-0.4, -0.2) is 47.9 Å². The van der Waals surface area contributed by atoms with Crippen LogP contribution in [0.15, 0.2) is 30.3 Å². The van der Waals surface area contributed by atoms with Crippen LogP contribution in [0.1, 0.15) is 25.8 Å². The molecular formula is C17H27N3O. The molecule has 1 amide bonds. The van der Waals surface area contributed by atoms with Gasteiger partial charge >= 0.3 is 0 Å². The number of nitrogens with two attached hydrogens (primary N) is 1. The van der Waals surface area contributed by atoms with Crippen LogP contribution < -0.4 is 5.73 Å². The molecule has 116 valence electrons. The number of benzene rings is 1. The fourth-order valence-corrected chi connectivity index (χ4v) is 2.80. The summed E-state index contributed by atoms with van der Waals surface area (Å²) in [6.07, 6.45) is 1.03. The van der Waals surface area contributed by atoms with Gasteiger partial charge in [0.1, 0.15) is 0 Å². The van der Waals surface area contributed by atoms with E-state index in [0.717, 1.165) is 26.1 Å². The average molecular weight is 289 g/mol. The van der Waals surface area contributed by atoms with E-state index in [9.17, 15) is 4.79 Å². The number of likely N-dealkylation sites (tertiary alicyclic amines) is 1. The van der Waals surface area contributed by atoms with E-state index < -0.39 is 0 Å². The molecule has 4 nitrogen and oxygen atoms in total. The van der Waals surface area contributed by atoms with E-state index in [0.29, 0.717) is 6.04 Å². The van der Waals surface area contributed by atoms with Crippen molar-refractivity contribution in [2.75, 3.05) is 20.1 Å². The van der Waals surface area contributed by atoms with Gasteiger partial charge in [-0.05, 0) is 24.9 Å². The number of hydrogen-bond donors (Lipinski definition) is 1. The minimum Gasteiger partial charge on any atom is -0.340 e. The highest BCUT2D eigenvalue weighted by Gasteiger charge is 2.32. The molecule has 0 bridgehead atoms. The Morgan fingerprint density at radius 2 is 2.05 bits per heavy atom. The van der Waals surface area contributed by atoms with Crippen LogP contribution in [0.5, 0.6) is 0 Å². The zero-order valence-corrected chi connectivity index (χ0v) is 13.3. The topological polar surface area (TPSA) is 49.6 Å². The maximum Gasteiger partial charge on any atom is 0.239 e. The van der Waals surface area contributed by atoms with Crippen LogP contribution in [0.3, 0.4) is 0 Å². The standard InChI is InChI=1S/C17H27N3O/c1-13(2)16(18)17(21)20-10-9-15(12-20)19(3)11-14-7-5-4-6-8-14/h4-8,13,15-16H,9-12,18H2,1-3H3/t15?,16-/m0/s1. The summed E-state index contributed by atoms with van der Waals surface area (Å²) >= 11 is 0. The van der Waals surface area contributed by atoms with Crippen LogP contribution in [0.2, 0.25) is 0 Å². The summed E-state index contributed by atoms with van der Waals surface area (Å²) in [6.45, 7) is 6.53. The SMILES string of the molecule is CC(C)[C@H](N)C(=O)N1CCC(N(C)Cc2ccccc2)C1. The number of likely N-dealkylation sites (N-methyl/N-ethyl adjacent to an activating group) is 1. The number of rotatable bonds is 5. The van der Waals surface area contributed by atoms with Gasteiger partial charge in [-0.25, -0.2) is 0 Å². The molecule has 0 spiro atoms. The van der Waals surface area contributed by atoms with Crippen molar-refractivity contribution < 1.29 is 4.79 Å². The second-order valence-corrected chi connectivity index (χ2v) is 6.40. The number of carbonyl (C=O) groups is 1. The Morgan fingerprint density at radius 1 is 1.38 bits per heavy atom. The van der Waals surface area contributed by atoms with Gasteiger partial charge in [0.05, 0.1) is 6.04 Å². The zero-order chi connectivity index (χ0) is 15.4. The summed E-state index contributed by atoms with van der Waals surface area (Å²) in [7, 11) is 2.13. The zero-order valence-electron chi connectivity index (χ0n) is 13.3. The lowest BCUT2D eigenvalue weighted by Gasteiger charge is -2.26. The van der Waals surface area contributed by atoms with Crippen molar-refractivity contribution in [3.8, 4) is 0 Å². The summed E-state index contributed by atoms with van der Waals surface area (Å²) in [5.41, 5.74) is 7.29. The first-order valence-corrected chi connectivity index (χ1v) is 7.77. The molecule has 4 heteroatoms. The third-order valence-corrected chi connectivity index (χ3v) is 4.38. The van der Waals surface area contributed by atoms with Gasteiger partial charge in [-0.1, -0.05) is 44.2 Å². The summed E-state index contributed by atoms with van der Waals surface area (Å²) in [6, 6.07) is 10.5. The Hall–Kier alpha value is -1.39. The molecule has 21 heavy (non-hydrogen) atoms. The molecule has 1 fully saturated rings. The number of hydrogen-bond acceptors (Lipinski definition) is 3. The van der Waals surface area contributed by atoms with Gasteiger partial charge in [0, 0.05) is 25.7 Å². The van der Waals surface area contributed by atoms with Gasteiger partial charge in [0.15, 0.2) is 0 Å². The number of carbonyl (C=O) groups excluding carboxylic acids is 1. The number of amides is 1. The molecule has 0 saturated carbocycles. The molecule has 1 aromatic carbocycles. The third-order valence-electron chi connectivity index (χ3n) is 4.38. The summed E-state index contributed by atoms with van der Waals surface area (Å²) < 4.78 is 0. The van der Waals surface area contributed by atoms with Crippen molar-refractivity contribution in [1.82, 2.24) is 9.80 Å². The largest absolute Gasteiger partial charge is 0.340 e. The van der Waals surface area contributed by atoms with Crippen molar-refractivity contribution >= 4 is 5.91 Å². The minimum absolute atomic E-state index is 0.0978. The van der Waals surface area contributed by atoms with Crippen molar-refractivity contribution in [3.05, 3.63) is 35.9 Å². The van der Waals surface area contributed by atoms with E-state index in [1.54, 1.807) is 0 Å². The normalized spacial score (nSPS) is 20.3.